The fourth-order valence-corrected chi connectivity index (χ4v) is 4.14. The minimum Gasteiger partial charge on any atom is -0.490 e. The third-order valence-corrected chi connectivity index (χ3v) is 5.71. The van der Waals surface area contributed by atoms with Crippen molar-refractivity contribution < 1.29 is 14.6 Å². The molecule has 1 heterocycles. The van der Waals surface area contributed by atoms with Gasteiger partial charge in [0.1, 0.15) is 12.4 Å². The summed E-state index contributed by atoms with van der Waals surface area (Å²) in [6, 6.07) is 8.34. The maximum atomic E-state index is 12.6. The van der Waals surface area contributed by atoms with E-state index in [9.17, 15) is 9.90 Å². The van der Waals surface area contributed by atoms with Gasteiger partial charge in [0.15, 0.2) is 6.10 Å². The molecule has 0 bridgehead atoms. The zero-order valence-corrected chi connectivity index (χ0v) is 15.9. The lowest BCUT2D eigenvalue weighted by Gasteiger charge is -2.33. The normalized spacial score (nSPS) is 21.2. The van der Waals surface area contributed by atoms with E-state index in [2.05, 4.69) is 4.90 Å². The Balaban J connectivity index is 1.48. The maximum absolute atomic E-state index is 12.6. The first-order valence-electron chi connectivity index (χ1n) is 10.0. The van der Waals surface area contributed by atoms with Crippen LogP contribution in [0.2, 0.25) is 0 Å². The number of carbonyl (C=O) groups excluding carboxylic acids is 1. The van der Waals surface area contributed by atoms with Crippen LogP contribution >= 0.6 is 0 Å². The van der Waals surface area contributed by atoms with Crippen molar-refractivity contribution in [1.29, 1.82) is 0 Å². The van der Waals surface area contributed by atoms with E-state index >= 15 is 0 Å². The lowest BCUT2D eigenvalue weighted by Crippen LogP contribution is -2.44. The molecule has 1 aliphatic carbocycles. The number of rotatable bonds is 5. The minimum absolute atomic E-state index is 0.00647. The summed E-state index contributed by atoms with van der Waals surface area (Å²) in [6.45, 7) is 5.37. The van der Waals surface area contributed by atoms with Gasteiger partial charge in [-0.05, 0) is 37.8 Å². The van der Waals surface area contributed by atoms with Gasteiger partial charge in [-0.3, -0.25) is 9.69 Å². The van der Waals surface area contributed by atoms with Gasteiger partial charge >= 0.3 is 0 Å². The first kappa shape index (κ1) is 19.2. The minimum atomic E-state index is -1.10. The summed E-state index contributed by atoms with van der Waals surface area (Å²) >= 11 is 0. The zero-order chi connectivity index (χ0) is 18.4. The second kappa shape index (κ2) is 9.38. The Morgan fingerprint density at radius 2 is 1.88 bits per heavy atom. The molecule has 1 amide bonds. The smallest absolute Gasteiger partial charge is 0.255 e. The first-order valence-corrected chi connectivity index (χ1v) is 10.0. The van der Waals surface area contributed by atoms with E-state index in [1.54, 1.807) is 0 Å². The zero-order valence-electron chi connectivity index (χ0n) is 15.9. The van der Waals surface area contributed by atoms with Crippen LogP contribution in [-0.2, 0) is 4.79 Å². The lowest BCUT2D eigenvalue weighted by molar-refractivity contribution is -0.141. The van der Waals surface area contributed by atoms with Gasteiger partial charge in [-0.2, -0.15) is 0 Å². The molecule has 1 N–H and O–H groups in total. The van der Waals surface area contributed by atoms with Crippen molar-refractivity contribution in [2.24, 2.45) is 0 Å². The summed E-state index contributed by atoms with van der Waals surface area (Å²) in [4.78, 5) is 17.0. The molecule has 1 aliphatic heterocycles. The van der Waals surface area contributed by atoms with Crippen LogP contribution in [0.5, 0.6) is 5.75 Å². The highest BCUT2D eigenvalue weighted by molar-refractivity contribution is 5.80. The summed E-state index contributed by atoms with van der Waals surface area (Å²) < 4.78 is 5.65. The lowest BCUT2D eigenvalue weighted by atomic mass is 9.94. The fourth-order valence-electron chi connectivity index (χ4n) is 4.14. The number of benzene rings is 1. The molecule has 5 heteroatoms. The molecule has 1 atom stereocenters. The number of aliphatic hydroxyl groups is 1. The van der Waals surface area contributed by atoms with Gasteiger partial charge < -0.3 is 14.7 Å². The van der Waals surface area contributed by atoms with Crippen LogP contribution < -0.4 is 4.74 Å². The number of para-hydroxylation sites is 1. The molecule has 1 aromatic carbocycles. The standard InChI is InChI=1S/C21H32N2O3/c1-17-8-5-6-11-20(17)26-16-19(24)21(25)23-13-7-12-22(14-15-23)18-9-3-2-4-10-18/h5-6,8,11,18-19,24H,2-4,7,9-10,12-16H2,1H3/t19-/m0/s1. The number of ether oxygens (including phenoxy) is 1. The molecule has 2 aliphatic rings. The molecule has 0 aromatic heterocycles. The average Bonchev–Trinajstić information content (AvgIpc) is 2.93. The third kappa shape index (κ3) is 4.98. The second-order valence-corrected chi connectivity index (χ2v) is 7.60. The molecular formula is C21H32N2O3. The van der Waals surface area contributed by atoms with Crippen molar-refractivity contribution in [3.05, 3.63) is 29.8 Å². The Kier molecular flexibility index (Phi) is 6.92. The van der Waals surface area contributed by atoms with Gasteiger partial charge in [-0.1, -0.05) is 37.5 Å². The van der Waals surface area contributed by atoms with E-state index in [1.165, 1.54) is 32.1 Å². The third-order valence-electron chi connectivity index (χ3n) is 5.71. The molecule has 1 saturated heterocycles. The molecule has 1 saturated carbocycles. The number of hydrogen-bond donors (Lipinski definition) is 1. The number of aryl methyl sites for hydroxylation is 1. The number of amides is 1. The number of hydrogen-bond acceptors (Lipinski definition) is 4. The molecule has 26 heavy (non-hydrogen) atoms. The van der Waals surface area contributed by atoms with Gasteiger partial charge in [0.2, 0.25) is 0 Å². The number of nitrogens with zero attached hydrogens (tertiary/aromatic N) is 2. The van der Waals surface area contributed by atoms with Crippen molar-refractivity contribution in [3.63, 3.8) is 0 Å². The van der Waals surface area contributed by atoms with Crippen LogP contribution in [0.1, 0.15) is 44.1 Å². The molecule has 3 rings (SSSR count). The van der Waals surface area contributed by atoms with Crippen molar-refractivity contribution in [2.45, 2.75) is 57.6 Å². The maximum Gasteiger partial charge on any atom is 0.255 e. The summed E-state index contributed by atoms with van der Waals surface area (Å²) in [7, 11) is 0. The van der Waals surface area contributed by atoms with Crippen molar-refractivity contribution in [2.75, 3.05) is 32.8 Å². The molecule has 2 fully saturated rings. The number of aliphatic hydroxyl groups excluding tert-OH is 1. The average molecular weight is 360 g/mol. The van der Waals surface area contributed by atoms with Gasteiger partial charge in [0.05, 0.1) is 0 Å². The largest absolute Gasteiger partial charge is 0.490 e. The molecule has 0 unspecified atom stereocenters. The van der Waals surface area contributed by atoms with Crippen LogP contribution in [0, 0.1) is 6.92 Å². The molecule has 0 spiro atoms. The summed E-state index contributed by atoms with van der Waals surface area (Å²) in [6.07, 6.45) is 6.49. The highest BCUT2D eigenvalue weighted by atomic mass is 16.5. The fraction of sp³-hybridized carbons (Fsp3) is 0.667. The predicted octanol–water partition coefficient (Wildman–Crippen LogP) is 2.60. The van der Waals surface area contributed by atoms with Crippen LogP contribution in [0.4, 0.5) is 0 Å². The van der Waals surface area contributed by atoms with E-state index in [4.69, 9.17) is 4.74 Å². The van der Waals surface area contributed by atoms with Crippen molar-refractivity contribution in [1.82, 2.24) is 9.80 Å². The summed E-state index contributed by atoms with van der Waals surface area (Å²) in [5, 5.41) is 10.3. The second-order valence-electron chi connectivity index (χ2n) is 7.60. The topological polar surface area (TPSA) is 53.0 Å². The SMILES string of the molecule is Cc1ccccc1OC[C@H](O)C(=O)N1CCCN(C2CCCCC2)CC1. The Hall–Kier alpha value is -1.59. The predicted molar refractivity (Wildman–Crippen MR) is 102 cm³/mol. The van der Waals surface area contributed by atoms with Crippen LogP contribution in [0.25, 0.3) is 0 Å². The first-order chi connectivity index (χ1) is 12.6. The highest BCUT2D eigenvalue weighted by Crippen LogP contribution is 2.23. The molecule has 1 aromatic rings. The van der Waals surface area contributed by atoms with Crippen molar-refractivity contribution >= 4 is 5.91 Å². The molecule has 5 nitrogen and oxygen atoms in total. The molecule has 144 valence electrons. The van der Waals surface area contributed by atoms with Gasteiger partial charge in [0, 0.05) is 32.2 Å². The van der Waals surface area contributed by atoms with Gasteiger partial charge in [-0.25, -0.2) is 0 Å². The summed E-state index contributed by atoms with van der Waals surface area (Å²) in [5.74, 6) is 0.516. The van der Waals surface area contributed by atoms with Crippen LogP contribution in [0.15, 0.2) is 24.3 Å². The Morgan fingerprint density at radius 3 is 2.65 bits per heavy atom. The Bertz CT molecular complexity index is 586. The van der Waals surface area contributed by atoms with E-state index in [0.717, 1.165) is 37.4 Å². The Morgan fingerprint density at radius 1 is 1.12 bits per heavy atom. The quantitative estimate of drug-likeness (QED) is 0.877. The highest BCUT2D eigenvalue weighted by Gasteiger charge is 2.28. The van der Waals surface area contributed by atoms with Crippen LogP contribution in [-0.4, -0.2) is 65.7 Å². The Labute approximate surface area is 156 Å². The van der Waals surface area contributed by atoms with E-state index in [0.29, 0.717) is 12.6 Å². The van der Waals surface area contributed by atoms with E-state index in [1.807, 2.05) is 36.1 Å². The van der Waals surface area contributed by atoms with E-state index in [-0.39, 0.29) is 12.5 Å². The van der Waals surface area contributed by atoms with Crippen molar-refractivity contribution in [3.8, 4) is 5.75 Å². The van der Waals surface area contributed by atoms with Gasteiger partial charge in [-0.15, -0.1) is 0 Å². The monoisotopic (exact) mass is 360 g/mol. The summed E-state index contributed by atoms with van der Waals surface area (Å²) in [5.41, 5.74) is 1.00. The van der Waals surface area contributed by atoms with E-state index < -0.39 is 6.10 Å². The molecule has 0 radical (unpaired) electrons. The number of carbonyl (C=O) groups is 1. The van der Waals surface area contributed by atoms with Crippen LogP contribution in [0.3, 0.4) is 0 Å². The van der Waals surface area contributed by atoms with Gasteiger partial charge in [0.25, 0.3) is 5.91 Å². The molecular weight excluding hydrogens is 328 g/mol.